The summed E-state index contributed by atoms with van der Waals surface area (Å²) < 4.78 is 0. The highest BCUT2D eigenvalue weighted by molar-refractivity contribution is 6.31. The molecule has 0 unspecified atom stereocenters. The number of aliphatic hydroxyl groups excluding tert-OH is 1. The van der Waals surface area contributed by atoms with Gasteiger partial charge in [-0.3, -0.25) is 14.4 Å². The van der Waals surface area contributed by atoms with Crippen molar-refractivity contribution in [1.29, 1.82) is 0 Å². The van der Waals surface area contributed by atoms with E-state index >= 15 is 0 Å². The fourth-order valence-electron chi connectivity index (χ4n) is 4.24. The van der Waals surface area contributed by atoms with Gasteiger partial charge in [0.05, 0.1) is 12.1 Å². The monoisotopic (exact) mass is 576 g/mol. The van der Waals surface area contributed by atoms with Crippen LogP contribution in [0.5, 0.6) is 5.75 Å². The van der Waals surface area contributed by atoms with Crippen molar-refractivity contribution >= 4 is 35.3 Å². The molecule has 0 saturated carbocycles. The molecule has 3 amide bonds. The highest BCUT2D eigenvalue weighted by Gasteiger charge is 2.32. The maximum absolute atomic E-state index is 13.4. The molecule has 0 radical (unpaired) electrons. The Balaban J connectivity index is 2.11. The molecular weight excluding hydrogens is 544 g/mol. The summed E-state index contributed by atoms with van der Waals surface area (Å²) in [6.07, 6.45) is -1.71. The summed E-state index contributed by atoms with van der Waals surface area (Å²) >= 11 is 6.44. The van der Waals surface area contributed by atoms with Gasteiger partial charge < -0.3 is 48.5 Å². The molecular formula is C26H33ClN6O7. The third-order valence-corrected chi connectivity index (χ3v) is 6.92. The van der Waals surface area contributed by atoms with Gasteiger partial charge in [0.1, 0.15) is 23.9 Å². The van der Waals surface area contributed by atoms with Crippen LogP contribution in [-0.2, 0) is 32.0 Å². The van der Waals surface area contributed by atoms with E-state index in [1.807, 2.05) is 0 Å². The molecule has 4 bridgehead atoms. The van der Waals surface area contributed by atoms with Crippen molar-refractivity contribution in [1.82, 2.24) is 16.0 Å². The molecule has 13 nitrogen and oxygen atoms in total. The fourth-order valence-corrected chi connectivity index (χ4v) is 4.44. The number of amides is 3. The zero-order chi connectivity index (χ0) is 29.6. The predicted molar refractivity (Wildman–Crippen MR) is 146 cm³/mol. The van der Waals surface area contributed by atoms with Crippen molar-refractivity contribution in [3.63, 3.8) is 0 Å². The summed E-state index contributed by atoms with van der Waals surface area (Å²) in [6.45, 7) is -0.615. The average molecular weight is 577 g/mol. The van der Waals surface area contributed by atoms with Gasteiger partial charge >= 0.3 is 5.97 Å². The molecule has 216 valence electrons. The number of carbonyl (C=O) groups is 4. The summed E-state index contributed by atoms with van der Waals surface area (Å²) in [4.78, 5) is 51.0. The first kappa shape index (κ1) is 30.8. The normalized spacial score (nSPS) is 21.2. The lowest BCUT2D eigenvalue weighted by Gasteiger charge is -2.26. The van der Waals surface area contributed by atoms with Crippen LogP contribution in [0.15, 0.2) is 36.4 Å². The van der Waals surface area contributed by atoms with Crippen LogP contribution in [0.2, 0.25) is 5.02 Å². The summed E-state index contributed by atoms with van der Waals surface area (Å²) in [5.74, 6) is -3.90. The summed E-state index contributed by atoms with van der Waals surface area (Å²) in [7, 11) is 0. The summed E-state index contributed by atoms with van der Waals surface area (Å²) in [5, 5.41) is 37.5. The number of carboxylic acid groups (broad SMARTS) is 1. The van der Waals surface area contributed by atoms with E-state index in [2.05, 4.69) is 16.0 Å². The van der Waals surface area contributed by atoms with Crippen molar-refractivity contribution in [2.45, 2.75) is 49.5 Å². The Morgan fingerprint density at radius 1 is 1.00 bits per heavy atom. The average Bonchev–Trinajstić information content (AvgIpc) is 2.92. The number of halogens is 1. The second kappa shape index (κ2) is 13.5. The number of aromatic hydroxyl groups is 1. The number of aliphatic hydroxyl groups is 1. The van der Waals surface area contributed by atoms with Gasteiger partial charge in [0.15, 0.2) is 0 Å². The number of carbonyl (C=O) groups excluding carboxylic acids is 3. The molecule has 0 saturated heterocycles. The number of fused-ring (bicyclic) bond motifs is 5. The van der Waals surface area contributed by atoms with Gasteiger partial charge in [0.2, 0.25) is 17.7 Å². The largest absolute Gasteiger partial charge is 0.508 e. The Morgan fingerprint density at radius 3 is 2.27 bits per heavy atom. The second-order valence-electron chi connectivity index (χ2n) is 9.55. The van der Waals surface area contributed by atoms with Crippen molar-refractivity contribution in [3.05, 3.63) is 52.5 Å². The molecule has 40 heavy (non-hydrogen) atoms. The van der Waals surface area contributed by atoms with E-state index in [1.165, 1.54) is 6.07 Å². The minimum atomic E-state index is -1.43. The number of hydrogen-bond acceptors (Lipinski definition) is 9. The Morgan fingerprint density at radius 2 is 1.65 bits per heavy atom. The van der Waals surface area contributed by atoms with E-state index in [1.54, 1.807) is 30.3 Å². The number of nitrogens with two attached hydrogens (primary N) is 3. The van der Waals surface area contributed by atoms with Crippen molar-refractivity contribution < 1.29 is 34.5 Å². The van der Waals surface area contributed by atoms with E-state index in [0.29, 0.717) is 22.3 Å². The first-order valence-electron chi connectivity index (χ1n) is 12.5. The number of hydrogen-bond donors (Lipinski definition) is 9. The van der Waals surface area contributed by atoms with Crippen LogP contribution in [0.25, 0.3) is 11.1 Å². The standard InChI is InChI=1S/C26H33ClN6O7/c27-17-3-1-12-5-14(17)8-19(24(37)33-21(11-29)26(39)40)32-25(38)20(9-16(34)10-28)31-23(36)18(30)7-15-6-13(12)2-4-22(15)35/h1-6,16,18-21,34-35H,7-11,28-30H2,(H,31,36)(H,32,38)(H,33,37)(H,39,40)/t16-,18+,19+,20+,21+/m1/s1. The summed E-state index contributed by atoms with van der Waals surface area (Å²) in [6, 6.07) is 4.49. The van der Waals surface area contributed by atoms with E-state index in [0.717, 1.165) is 0 Å². The van der Waals surface area contributed by atoms with E-state index in [4.69, 9.17) is 28.8 Å². The number of phenols is 1. The third-order valence-electron chi connectivity index (χ3n) is 6.56. The topological polar surface area (TPSA) is 243 Å². The Hall–Kier alpha value is -3.75. The molecule has 1 heterocycles. The molecule has 1 aliphatic rings. The number of benzene rings is 2. The summed E-state index contributed by atoms with van der Waals surface area (Å²) in [5.41, 5.74) is 19.2. The lowest BCUT2D eigenvalue weighted by molar-refractivity contribution is -0.142. The lowest BCUT2D eigenvalue weighted by Crippen LogP contribution is -2.59. The van der Waals surface area contributed by atoms with Crippen LogP contribution in [0, 0.1) is 0 Å². The van der Waals surface area contributed by atoms with Crippen molar-refractivity contribution in [3.8, 4) is 16.9 Å². The minimum Gasteiger partial charge on any atom is -0.508 e. The van der Waals surface area contributed by atoms with Gasteiger partial charge in [-0.15, -0.1) is 0 Å². The molecule has 0 aromatic heterocycles. The molecule has 2 aromatic carbocycles. The van der Waals surface area contributed by atoms with Crippen LogP contribution in [0.4, 0.5) is 0 Å². The van der Waals surface area contributed by atoms with Crippen LogP contribution < -0.4 is 33.2 Å². The molecule has 5 atom stereocenters. The van der Waals surface area contributed by atoms with E-state index in [-0.39, 0.29) is 36.6 Å². The minimum absolute atomic E-state index is 0.0690. The van der Waals surface area contributed by atoms with Crippen molar-refractivity contribution in [2.75, 3.05) is 13.1 Å². The maximum atomic E-state index is 13.4. The zero-order valence-corrected chi connectivity index (χ0v) is 22.2. The quantitative estimate of drug-likeness (QED) is 0.182. The molecule has 12 N–H and O–H groups in total. The van der Waals surface area contributed by atoms with Gasteiger partial charge in [-0.05, 0) is 46.5 Å². The van der Waals surface area contributed by atoms with Crippen LogP contribution in [0.3, 0.4) is 0 Å². The second-order valence-corrected chi connectivity index (χ2v) is 9.95. The number of rotatable bonds is 7. The molecule has 1 aliphatic heterocycles. The third kappa shape index (κ3) is 7.67. The Kier molecular flexibility index (Phi) is 10.4. The molecule has 0 aliphatic carbocycles. The van der Waals surface area contributed by atoms with Gasteiger partial charge in [0, 0.05) is 37.4 Å². The van der Waals surface area contributed by atoms with Crippen molar-refractivity contribution in [2.24, 2.45) is 17.2 Å². The predicted octanol–water partition coefficient (Wildman–Crippen LogP) is -1.65. The maximum Gasteiger partial charge on any atom is 0.327 e. The number of carboxylic acids is 1. The van der Waals surface area contributed by atoms with Crippen LogP contribution in [-0.4, -0.2) is 82.4 Å². The molecule has 14 heteroatoms. The smallest absolute Gasteiger partial charge is 0.327 e. The van der Waals surface area contributed by atoms with Gasteiger partial charge in [-0.2, -0.15) is 0 Å². The molecule has 0 fully saturated rings. The lowest BCUT2D eigenvalue weighted by atomic mass is 9.96. The molecule has 2 aromatic rings. The van der Waals surface area contributed by atoms with E-state index in [9.17, 15) is 34.5 Å². The first-order chi connectivity index (χ1) is 18.9. The highest BCUT2D eigenvalue weighted by atomic mass is 35.5. The molecule has 0 spiro atoms. The highest BCUT2D eigenvalue weighted by Crippen LogP contribution is 2.30. The first-order valence-corrected chi connectivity index (χ1v) is 12.9. The van der Waals surface area contributed by atoms with Gasteiger partial charge in [-0.25, -0.2) is 4.79 Å². The Bertz CT molecular complexity index is 1280. The fraction of sp³-hybridized carbons (Fsp3) is 0.385. The molecule has 3 rings (SSSR count). The zero-order valence-electron chi connectivity index (χ0n) is 21.5. The number of phenolic OH excluding ortho intramolecular Hbond substituents is 1. The van der Waals surface area contributed by atoms with E-state index < -0.39 is 60.5 Å². The number of aliphatic carboxylic acids is 1. The SMILES string of the molecule is NC[C@H](O)C[C@@H]1NC(=O)[C@@H](N)Cc2cc(ccc2O)-c2ccc(Cl)c(c2)C[C@@H](C(=O)N[C@@H](CN)C(=O)O)NC1=O. The van der Waals surface area contributed by atoms with Crippen LogP contribution in [0.1, 0.15) is 17.5 Å². The van der Waals surface area contributed by atoms with Gasteiger partial charge in [-0.1, -0.05) is 23.7 Å². The van der Waals surface area contributed by atoms with Crippen LogP contribution >= 0.6 is 11.6 Å². The number of nitrogens with one attached hydrogen (secondary N) is 3. The Labute approximate surface area is 235 Å². The van der Waals surface area contributed by atoms with Gasteiger partial charge in [0.25, 0.3) is 0 Å².